The number of nitrogens with zero attached hydrogens (tertiary/aromatic N) is 3. The number of nitrogens with two attached hydrogens (primary N) is 1. The molecule has 1 aromatic rings. The fraction of sp³-hybridized carbons (Fsp3) is 0.786. The summed E-state index contributed by atoms with van der Waals surface area (Å²) in [6, 6.07) is 0.262. The molecule has 2 rings (SSSR count). The quantitative estimate of drug-likeness (QED) is 0.903. The number of carbonyl (C=O) groups excluding carboxylic acids is 1. The molecule has 1 aromatic heterocycles. The zero-order chi connectivity index (χ0) is 14.5. The van der Waals surface area contributed by atoms with Crippen molar-refractivity contribution < 1.29 is 4.79 Å². The molecule has 1 aliphatic rings. The van der Waals surface area contributed by atoms with Gasteiger partial charge in [0.05, 0.1) is 5.69 Å². The van der Waals surface area contributed by atoms with Crippen LogP contribution >= 0.6 is 11.5 Å². The van der Waals surface area contributed by atoms with E-state index in [0.717, 1.165) is 31.4 Å². The maximum absolute atomic E-state index is 12.7. The Labute approximate surface area is 124 Å². The minimum atomic E-state index is 0.0637. The molecule has 0 spiro atoms. The van der Waals surface area contributed by atoms with E-state index < -0.39 is 0 Å². The van der Waals surface area contributed by atoms with Crippen LogP contribution in [0.1, 0.15) is 54.4 Å². The van der Waals surface area contributed by atoms with Crippen molar-refractivity contribution >= 4 is 17.4 Å². The largest absolute Gasteiger partial charge is 0.338 e. The van der Waals surface area contributed by atoms with Gasteiger partial charge in [0.25, 0.3) is 5.91 Å². The number of amides is 1. The molecule has 112 valence electrons. The van der Waals surface area contributed by atoms with E-state index in [1.165, 1.54) is 24.4 Å². The van der Waals surface area contributed by atoms with E-state index in [2.05, 4.69) is 16.5 Å². The first-order chi connectivity index (χ1) is 9.69. The van der Waals surface area contributed by atoms with Gasteiger partial charge in [0, 0.05) is 13.1 Å². The van der Waals surface area contributed by atoms with Crippen LogP contribution in [0.15, 0.2) is 0 Å². The van der Waals surface area contributed by atoms with Gasteiger partial charge in [0.15, 0.2) is 0 Å². The summed E-state index contributed by atoms with van der Waals surface area (Å²) in [4.78, 5) is 15.3. The number of hydrogen-bond donors (Lipinski definition) is 1. The summed E-state index contributed by atoms with van der Waals surface area (Å²) < 4.78 is 3.95. The van der Waals surface area contributed by atoms with Gasteiger partial charge in [-0.05, 0) is 43.3 Å². The predicted molar refractivity (Wildman–Crippen MR) is 80.8 cm³/mol. The molecular formula is C14H24N4OS. The molecule has 1 aliphatic carbocycles. The van der Waals surface area contributed by atoms with Crippen LogP contribution in [0.5, 0.6) is 0 Å². The van der Waals surface area contributed by atoms with Gasteiger partial charge in [0.2, 0.25) is 0 Å². The van der Waals surface area contributed by atoms with Crippen molar-refractivity contribution in [1.29, 1.82) is 0 Å². The second-order valence-electron chi connectivity index (χ2n) is 5.56. The van der Waals surface area contributed by atoms with E-state index in [0.29, 0.717) is 17.3 Å². The Hall–Kier alpha value is -1.01. The molecule has 6 heteroatoms. The molecule has 0 saturated heterocycles. The maximum atomic E-state index is 12.7. The van der Waals surface area contributed by atoms with Crippen molar-refractivity contribution in [2.75, 3.05) is 13.6 Å². The SMILES string of the molecule is CCCc1nnsc1C(=O)N(C)C1CCCCC1CN. The van der Waals surface area contributed by atoms with Gasteiger partial charge in [-0.2, -0.15) is 0 Å². The van der Waals surface area contributed by atoms with Crippen molar-refractivity contribution in [2.45, 2.75) is 51.5 Å². The second-order valence-corrected chi connectivity index (χ2v) is 6.32. The molecular weight excluding hydrogens is 272 g/mol. The summed E-state index contributed by atoms with van der Waals surface area (Å²) >= 11 is 1.22. The molecule has 0 radical (unpaired) electrons. The van der Waals surface area contributed by atoms with Gasteiger partial charge in [-0.25, -0.2) is 0 Å². The van der Waals surface area contributed by atoms with E-state index in [1.807, 2.05) is 11.9 Å². The van der Waals surface area contributed by atoms with E-state index in [9.17, 15) is 4.79 Å². The Morgan fingerprint density at radius 3 is 2.90 bits per heavy atom. The summed E-state index contributed by atoms with van der Waals surface area (Å²) in [5.74, 6) is 0.488. The molecule has 2 unspecified atom stereocenters. The van der Waals surface area contributed by atoms with Crippen molar-refractivity contribution in [3.05, 3.63) is 10.6 Å². The molecule has 2 atom stereocenters. The molecule has 1 amide bonds. The lowest BCUT2D eigenvalue weighted by Crippen LogP contribution is -2.45. The van der Waals surface area contributed by atoms with Crippen LogP contribution in [-0.2, 0) is 6.42 Å². The van der Waals surface area contributed by atoms with Gasteiger partial charge in [-0.3, -0.25) is 4.79 Å². The Balaban J connectivity index is 2.12. The van der Waals surface area contributed by atoms with Crippen LogP contribution < -0.4 is 5.73 Å². The monoisotopic (exact) mass is 296 g/mol. The van der Waals surface area contributed by atoms with Gasteiger partial charge in [-0.15, -0.1) is 5.10 Å². The van der Waals surface area contributed by atoms with E-state index in [1.54, 1.807) is 0 Å². The number of aromatic nitrogens is 2. The molecule has 0 aromatic carbocycles. The second kappa shape index (κ2) is 7.13. The van der Waals surface area contributed by atoms with Crippen LogP contribution in [0.25, 0.3) is 0 Å². The van der Waals surface area contributed by atoms with E-state index >= 15 is 0 Å². The summed E-state index contributed by atoms with van der Waals surface area (Å²) in [5.41, 5.74) is 6.71. The molecule has 20 heavy (non-hydrogen) atoms. The summed E-state index contributed by atoms with van der Waals surface area (Å²) in [7, 11) is 1.90. The summed E-state index contributed by atoms with van der Waals surface area (Å²) in [6.07, 6.45) is 6.38. The molecule has 5 nitrogen and oxygen atoms in total. The van der Waals surface area contributed by atoms with Crippen molar-refractivity contribution in [3.63, 3.8) is 0 Å². The number of hydrogen-bond acceptors (Lipinski definition) is 5. The fourth-order valence-corrected chi connectivity index (χ4v) is 3.75. The third kappa shape index (κ3) is 3.17. The Bertz CT molecular complexity index is 448. The number of aryl methyl sites for hydroxylation is 1. The van der Waals surface area contributed by atoms with Crippen LogP contribution in [-0.4, -0.2) is 40.0 Å². The lowest BCUT2D eigenvalue weighted by atomic mass is 9.83. The standard InChI is InChI=1S/C14H24N4OS/c1-3-6-11-13(20-17-16-11)14(19)18(2)12-8-5-4-7-10(12)9-15/h10,12H,3-9,15H2,1-2H3. The highest BCUT2D eigenvalue weighted by atomic mass is 32.1. The molecule has 1 saturated carbocycles. The average molecular weight is 296 g/mol. The molecule has 2 N–H and O–H groups in total. The average Bonchev–Trinajstić information content (AvgIpc) is 2.94. The molecule has 0 aliphatic heterocycles. The Morgan fingerprint density at radius 1 is 1.45 bits per heavy atom. The van der Waals surface area contributed by atoms with Gasteiger partial charge in [-0.1, -0.05) is 30.7 Å². The minimum absolute atomic E-state index is 0.0637. The Morgan fingerprint density at radius 2 is 2.20 bits per heavy atom. The fourth-order valence-electron chi connectivity index (χ4n) is 3.06. The Kier molecular flexibility index (Phi) is 5.48. The van der Waals surface area contributed by atoms with Gasteiger partial charge in [0.1, 0.15) is 4.88 Å². The number of carbonyl (C=O) groups is 1. The highest BCUT2D eigenvalue weighted by Gasteiger charge is 2.31. The van der Waals surface area contributed by atoms with Crippen molar-refractivity contribution in [3.8, 4) is 0 Å². The molecule has 0 bridgehead atoms. The van der Waals surface area contributed by atoms with Crippen LogP contribution in [0, 0.1) is 5.92 Å². The van der Waals surface area contributed by atoms with E-state index in [4.69, 9.17) is 5.73 Å². The highest BCUT2D eigenvalue weighted by Crippen LogP contribution is 2.28. The van der Waals surface area contributed by atoms with Crippen LogP contribution in [0.3, 0.4) is 0 Å². The third-order valence-electron chi connectivity index (χ3n) is 4.23. The van der Waals surface area contributed by atoms with Crippen molar-refractivity contribution in [2.24, 2.45) is 11.7 Å². The van der Waals surface area contributed by atoms with Crippen molar-refractivity contribution in [1.82, 2.24) is 14.5 Å². The molecule has 1 fully saturated rings. The zero-order valence-electron chi connectivity index (χ0n) is 12.3. The first-order valence-electron chi connectivity index (χ1n) is 7.47. The normalized spacial score (nSPS) is 22.8. The van der Waals surface area contributed by atoms with Gasteiger partial charge >= 0.3 is 0 Å². The topological polar surface area (TPSA) is 72.1 Å². The zero-order valence-corrected chi connectivity index (χ0v) is 13.2. The lowest BCUT2D eigenvalue weighted by molar-refractivity contribution is 0.0624. The lowest BCUT2D eigenvalue weighted by Gasteiger charge is -2.37. The molecule has 1 heterocycles. The van der Waals surface area contributed by atoms with Crippen LogP contribution in [0.4, 0.5) is 0 Å². The first kappa shape index (κ1) is 15.4. The van der Waals surface area contributed by atoms with Crippen LogP contribution in [0.2, 0.25) is 0 Å². The van der Waals surface area contributed by atoms with Gasteiger partial charge < -0.3 is 10.6 Å². The smallest absolute Gasteiger partial charge is 0.267 e. The summed E-state index contributed by atoms with van der Waals surface area (Å²) in [6.45, 7) is 2.74. The first-order valence-corrected chi connectivity index (χ1v) is 8.24. The predicted octanol–water partition coefficient (Wildman–Crippen LogP) is 2.08. The number of rotatable bonds is 5. The highest BCUT2D eigenvalue weighted by molar-refractivity contribution is 7.08. The maximum Gasteiger partial charge on any atom is 0.267 e. The van der Waals surface area contributed by atoms with E-state index in [-0.39, 0.29) is 11.9 Å². The third-order valence-corrected chi connectivity index (χ3v) is 4.98. The minimum Gasteiger partial charge on any atom is -0.338 e. The summed E-state index contributed by atoms with van der Waals surface area (Å²) in [5, 5.41) is 4.09.